The molecule has 0 aromatic heterocycles. The van der Waals surface area contributed by atoms with Gasteiger partial charge in [-0.1, -0.05) is 84.9 Å². The van der Waals surface area contributed by atoms with Crippen LogP contribution in [0.4, 0.5) is 0 Å². The van der Waals surface area contributed by atoms with Gasteiger partial charge in [0.1, 0.15) is 23.7 Å². The number of fused-ring (bicyclic) bond motifs is 3. The van der Waals surface area contributed by atoms with Gasteiger partial charge in [-0.15, -0.1) is 0 Å². The number of piperidine rings is 1. The molecule has 0 radical (unpaired) electrons. The SMILES string of the molecule is CO[C@H]1C[C@@H]2CC[C@@H](C)[C@@](O)(O2)C(=O)C(=O)N2CCCC[C@H]2C(=O)OC([C@H](C)CC2CC[C@@H](O)[C@H](C)C2)CC(=O)[C@H](C)/C=C(\C)[C@@H](O)C(C)C(=O)[C@H](C)C[C@H](C)/C=C/C=CC=C1C. The van der Waals surface area contributed by atoms with Crippen LogP contribution < -0.4 is 0 Å². The summed E-state index contributed by atoms with van der Waals surface area (Å²) in [5.74, 6) is -7.70. The highest BCUT2D eigenvalue weighted by Gasteiger charge is 2.53. The number of hydrogen-bond donors (Lipinski definition) is 3. The number of hydrogen-bond acceptors (Lipinski definition) is 11. The number of aliphatic hydroxyl groups excluding tert-OH is 2. The summed E-state index contributed by atoms with van der Waals surface area (Å²) in [5.41, 5.74) is 1.40. The van der Waals surface area contributed by atoms with Gasteiger partial charge in [-0.05, 0) is 113 Å². The van der Waals surface area contributed by atoms with Crippen LogP contribution in [0, 0.1) is 47.3 Å². The third-order valence-electron chi connectivity index (χ3n) is 14.6. The molecule has 3 N–H and O–H groups in total. The lowest BCUT2D eigenvalue weighted by Gasteiger charge is -2.42. The summed E-state index contributed by atoms with van der Waals surface area (Å²) in [7, 11) is 1.59. The molecule has 0 aromatic rings. The minimum Gasteiger partial charge on any atom is -0.460 e. The number of ether oxygens (including phenoxy) is 3. The van der Waals surface area contributed by atoms with Crippen LogP contribution in [0.2, 0.25) is 0 Å². The maximum atomic E-state index is 14.3. The Hall–Kier alpha value is -3.29. The summed E-state index contributed by atoms with van der Waals surface area (Å²) < 4.78 is 18.3. The smallest absolute Gasteiger partial charge is 0.329 e. The number of carbonyl (C=O) groups is 5. The molecule has 2 saturated heterocycles. The van der Waals surface area contributed by atoms with E-state index in [4.69, 9.17) is 14.2 Å². The standard InChI is InChI=1S/C51H79NO11/c1-30-16-12-11-13-17-31(2)44(61-10)28-40-21-19-37(8)51(60,63-40)48(57)49(58)52-23-15-14-18-41(52)50(59)62-45(34(5)27-39-20-22-42(53)33(4)26-39)29-43(54)32(3)25-36(7)47(56)38(9)46(55)35(6)24-30/h11-13,16-17,25,30,32-35,37-42,44-45,47,53,56,60H,14-15,18-24,26-29H2,1-10H3/b13-11?,16-12+,31-17?,36-25+/t30-,32-,33-,34-,35-,37-,38?,39?,40+,41+,42-,44+,45?,47-,51-/m1/s1. The molecule has 1 aliphatic carbocycles. The number of rotatable bonds is 4. The van der Waals surface area contributed by atoms with Crippen LogP contribution in [0.1, 0.15) is 139 Å². The van der Waals surface area contributed by atoms with Gasteiger partial charge >= 0.3 is 5.97 Å². The molecule has 3 unspecified atom stereocenters. The van der Waals surface area contributed by atoms with Crippen molar-refractivity contribution in [3.8, 4) is 0 Å². The number of nitrogens with zero attached hydrogens (tertiary/aromatic N) is 1. The number of aliphatic hydroxyl groups is 3. The summed E-state index contributed by atoms with van der Waals surface area (Å²) in [5, 5.41) is 33.7. The molecule has 3 heterocycles. The van der Waals surface area contributed by atoms with Gasteiger partial charge in [-0.2, -0.15) is 0 Å². The van der Waals surface area contributed by atoms with Crippen molar-refractivity contribution in [3.05, 3.63) is 47.6 Å². The molecule has 12 nitrogen and oxygen atoms in total. The van der Waals surface area contributed by atoms with Gasteiger partial charge in [0.05, 0.1) is 24.4 Å². The number of methoxy groups -OCH3 is 1. The van der Waals surface area contributed by atoms with Crippen LogP contribution in [0.5, 0.6) is 0 Å². The Bertz CT molecular complexity index is 1720. The van der Waals surface area contributed by atoms with Gasteiger partial charge in [0, 0.05) is 50.2 Å². The highest BCUT2D eigenvalue weighted by atomic mass is 16.6. The first-order valence-electron chi connectivity index (χ1n) is 23.8. The summed E-state index contributed by atoms with van der Waals surface area (Å²) in [6.07, 6.45) is 14.2. The summed E-state index contributed by atoms with van der Waals surface area (Å²) in [6.45, 7) is 16.8. The first-order chi connectivity index (χ1) is 29.7. The predicted molar refractivity (Wildman–Crippen MR) is 242 cm³/mol. The van der Waals surface area contributed by atoms with Gasteiger partial charge in [0.25, 0.3) is 11.7 Å². The molecule has 354 valence electrons. The fraction of sp³-hybridized carbons (Fsp3) is 0.745. The van der Waals surface area contributed by atoms with Crippen molar-refractivity contribution < 1.29 is 53.5 Å². The van der Waals surface area contributed by atoms with Gasteiger partial charge in [0.15, 0.2) is 0 Å². The van der Waals surface area contributed by atoms with Gasteiger partial charge in [-0.25, -0.2) is 4.79 Å². The van der Waals surface area contributed by atoms with Crippen molar-refractivity contribution in [1.29, 1.82) is 0 Å². The number of amides is 1. The molecule has 0 aromatic carbocycles. The molecule has 2 bridgehead atoms. The zero-order chi connectivity index (χ0) is 46.8. The van der Waals surface area contributed by atoms with Crippen LogP contribution in [0.25, 0.3) is 0 Å². The molecule has 3 fully saturated rings. The van der Waals surface area contributed by atoms with Crippen molar-refractivity contribution >= 4 is 29.2 Å². The molecule has 4 rings (SSSR count). The lowest BCUT2D eigenvalue weighted by molar-refractivity contribution is -0.265. The summed E-state index contributed by atoms with van der Waals surface area (Å²) in [4.78, 5) is 71.5. The third-order valence-corrected chi connectivity index (χ3v) is 14.6. The number of carbonyl (C=O) groups excluding carboxylic acids is 5. The molecule has 63 heavy (non-hydrogen) atoms. The third kappa shape index (κ3) is 13.9. The Kier molecular flexibility index (Phi) is 19.7. The van der Waals surface area contributed by atoms with E-state index in [1.165, 1.54) is 4.90 Å². The first kappa shape index (κ1) is 52.3. The highest BCUT2D eigenvalue weighted by molar-refractivity contribution is 6.39. The number of Topliss-reactive ketones (excluding diaryl/α,β-unsaturated/α-hetero) is 3. The van der Waals surface area contributed by atoms with Crippen LogP contribution in [0.15, 0.2) is 47.6 Å². The van der Waals surface area contributed by atoms with E-state index in [1.807, 2.05) is 65.0 Å². The van der Waals surface area contributed by atoms with Crippen LogP contribution in [0.3, 0.4) is 0 Å². The second-order valence-electron chi connectivity index (χ2n) is 19.9. The normalized spacial score (nSPS) is 40.0. The van der Waals surface area contributed by atoms with Crippen molar-refractivity contribution in [2.24, 2.45) is 47.3 Å². The van der Waals surface area contributed by atoms with Crippen LogP contribution in [-0.2, 0) is 38.2 Å². The lowest BCUT2D eigenvalue weighted by atomic mass is 9.75. The van der Waals surface area contributed by atoms with Gasteiger partial charge in [0.2, 0.25) is 5.79 Å². The number of allylic oxidation sites excluding steroid dienone is 6. The number of ketones is 3. The van der Waals surface area contributed by atoms with E-state index in [1.54, 1.807) is 40.9 Å². The lowest BCUT2D eigenvalue weighted by Crippen LogP contribution is -2.61. The first-order valence-corrected chi connectivity index (χ1v) is 23.8. The molecule has 12 heteroatoms. The minimum atomic E-state index is -2.41. The number of cyclic esters (lactones) is 1. The Morgan fingerprint density at radius 2 is 1.59 bits per heavy atom. The molecular formula is C51H79NO11. The van der Waals surface area contributed by atoms with Crippen molar-refractivity contribution in [1.82, 2.24) is 4.90 Å². The molecule has 15 atom stereocenters. The average Bonchev–Trinajstić information content (AvgIpc) is 3.25. The van der Waals surface area contributed by atoms with E-state index in [-0.39, 0.29) is 66.6 Å². The fourth-order valence-electron chi connectivity index (χ4n) is 10.2. The van der Waals surface area contributed by atoms with Gasteiger partial charge in [-0.3, -0.25) is 19.2 Å². The van der Waals surface area contributed by atoms with Crippen molar-refractivity contribution in [3.63, 3.8) is 0 Å². The van der Waals surface area contributed by atoms with Crippen LogP contribution in [-0.4, -0.2) is 105 Å². The molecule has 0 spiro atoms. The maximum absolute atomic E-state index is 14.3. The Morgan fingerprint density at radius 3 is 2.27 bits per heavy atom. The minimum absolute atomic E-state index is 0.0599. The van der Waals surface area contributed by atoms with E-state index in [0.717, 1.165) is 18.4 Å². The highest BCUT2D eigenvalue weighted by Crippen LogP contribution is 2.38. The number of esters is 1. The zero-order valence-electron chi connectivity index (χ0n) is 39.8. The van der Waals surface area contributed by atoms with E-state index in [0.29, 0.717) is 56.9 Å². The summed E-state index contributed by atoms with van der Waals surface area (Å²) >= 11 is 0. The van der Waals surface area contributed by atoms with E-state index in [9.17, 15) is 39.3 Å². The molecule has 4 aliphatic rings. The second-order valence-corrected chi connectivity index (χ2v) is 19.9. The van der Waals surface area contributed by atoms with E-state index >= 15 is 0 Å². The monoisotopic (exact) mass is 882 g/mol. The average molecular weight is 882 g/mol. The Morgan fingerprint density at radius 1 is 0.873 bits per heavy atom. The molecule has 3 aliphatic heterocycles. The topological polar surface area (TPSA) is 177 Å². The second kappa shape index (κ2) is 23.8. The molecular weight excluding hydrogens is 803 g/mol. The van der Waals surface area contributed by atoms with E-state index < -0.39 is 71.7 Å². The van der Waals surface area contributed by atoms with Crippen molar-refractivity contribution in [2.45, 2.75) is 182 Å². The predicted octanol–water partition coefficient (Wildman–Crippen LogP) is 7.42. The Labute approximate surface area is 376 Å². The quantitative estimate of drug-likeness (QED) is 0.146. The maximum Gasteiger partial charge on any atom is 0.329 e. The van der Waals surface area contributed by atoms with Crippen LogP contribution >= 0.6 is 0 Å². The Balaban J connectivity index is 1.68. The zero-order valence-corrected chi connectivity index (χ0v) is 39.8. The largest absolute Gasteiger partial charge is 0.460 e. The van der Waals surface area contributed by atoms with Crippen molar-refractivity contribution in [2.75, 3.05) is 13.7 Å². The van der Waals surface area contributed by atoms with Gasteiger partial charge < -0.3 is 34.4 Å². The molecule has 1 saturated carbocycles. The van der Waals surface area contributed by atoms with E-state index in [2.05, 4.69) is 0 Å². The summed E-state index contributed by atoms with van der Waals surface area (Å²) in [6, 6.07) is -1.10. The molecule has 1 amide bonds. The fourth-order valence-corrected chi connectivity index (χ4v) is 10.2.